The Hall–Kier alpha value is -1.59. The van der Waals surface area contributed by atoms with Crippen LogP contribution in [0.15, 0.2) is 18.2 Å². The lowest BCUT2D eigenvalue weighted by Crippen LogP contribution is -3.14. The summed E-state index contributed by atoms with van der Waals surface area (Å²) in [4.78, 5) is 25.1. The van der Waals surface area contributed by atoms with Crippen LogP contribution in [0.3, 0.4) is 0 Å². The number of amides is 1. The van der Waals surface area contributed by atoms with Gasteiger partial charge in [-0.25, -0.2) is 0 Å². The highest BCUT2D eigenvalue weighted by Crippen LogP contribution is 2.19. The number of nitrogens with one attached hydrogen (secondary N) is 2. The van der Waals surface area contributed by atoms with Crippen molar-refractivity contribution in [1.82, 2.24) is 0 Å². The molecule has 0 aliphatic carbocycles. The molecular formula is C17H24ClN2O3+. The quantitative estimate of drug-likeness (QED) is 0.798. The van der Waals surface area contributed by atoms with E-state index in [1.165, 1.54) is 4.90 Å². The molecule has 1 aliphatic rings. The van der Waals surface area contributed by atoms with Gasteiger partial charge in [0.2, 0.25) is 0 Å². The van der Waals surface area contributed by atoms with Crippen LogP contribution in [0.5, 0.6) is 0 Å². The number of quaternary nitrogens is 1. The van der Waals surface area contributed by atoms with Gasteiger partial charge in [-0.05, 0) is 31.5 Å². The van der Waals surface area contributed by atoms with Crippen molar-refractivity contribution in [1.29, 1.82) is 0 Å². The summed E-state index contributed by atoms with van der Waals surface area (Å²) in [6, 6.07) is 5.45. The Balaban J connectivity index is 1.81. The van der Waals surface area contributed by atoms with Gasteiger partial charge in [-0.1, -0.05) is 17.7 Å². The molecule has 1 fully saturated rings. The van der Waals surface area contributed by atoms with Gasteiger partial charge < -0.3 is 15.0 Å². The Morgan fingerprint density at radius 2 is 2.04 bits per heavy atom. The van der Waals surface area contributed by atoms with Gasteiger partial charge in [0, 0.05) is 23.6 Å². The topological polar surface area (TPSA) is 59.8 Å². The Morgan fingerprint density at radius 1 is 1.35 bits per heavy atom. The summed E-state index contributed by atoms with van der Waals surface area (Å²) in [6.45, 7) is 6.20. The van der Waals surface area contributed by atoms with E-state index >= 15 is 0 Å². The lowest BCUT2D eigenvalue weighted by atomic mass is 9.97. The first kappa shape index (κ1) is 17.8. The van der Waals surface area contributed by atoms with Gasteiger partial charge in [0.15, 0.2) is 6.54 Å². The molecule has 2 rings (SSSR count). The number of carbonyl (C=O) groups excluding carboxylic acids is 2. The highest BCUT2D eigenvalue weighted by molar-refractivity contribution is 6.31. The molecular weight excluding hydrogens is 316 g/mol. The number of aryl methyl sites for hydroxylation is 1. The van der Waals surface area contributed by atoms with Crippen molar-refractivity contribution in [3.05, 3.63) is 28.8 Å². The van der Waals surface area contributed by atoms with Crippen LogP contribution in [0.2, 0.25) is 5.02 Å². The maximum absolute atomic E-state index is 12.2. The zero-order valence-electron chi connectivity index (χ0n) is 13.7. The lowest BCUT2D eigenvalue weighted by molar-refractivity contribution is -0.897. The predicted octanol–water partition coefficient (Wildman–Crippen LogP) is 1.44. The van der Waals surface area contributed by atoms with Gasteiger partial charge in [-0.3, -0.25) is 9.59 Å². The van der Waals surface area contributed by atoms with E-state index < -0.39 is 0 Å². The van der Waals surface area contributed by atoms with E-state index in [2.05, 4.69) is 5.32 Å². The first-order valence-corrected chi connectivity index (χ1v) is 8.43. The molecule has 2 N–H and O–H groups in total. The van der Waals surface area contributed by atoms with Crippen LogP contribution in [0.1, 0.15) is 25.3 Å². The van der Waals surface area contributed by atoms with Crippen LogP contribution in [0.25, 0.3) is 0 Å². The fourth-order valence-corrected chi connectivity index (χ4v) is 3.02. The second kappa shape index (κ2) is 8.31. The molecule has 0 bridgehead atoms. The average molecular weight is 340 g/mol. The number of piperidine rings is 1. The molecule has 1 aromatic rings. The van der Waals surface area contributed by atoms with Gasteiger partial charge in [0.05, 0.1) is 25.6 Å². The van der Waals surface area contributed by atoms with Crippen molar-refractivity contribution in [2.24, 2.45) is 5.92 Å². The van der Waals surface area contributed by atoms with Crippen LogP contribution in [0.4, 0.5) is 5.69 Å². The number of esters is 1. The number of hydrogen-bond donors (Lipinski definition) is 2. The van der Waals surface area contributed by atoms with Crippen LogP contribution < -0.4 is 10.2 Å². The van der Waals surface area contributed by atoms with Crippen molar-refractivity contribution in [3.8, 4) is 0 Å². The Labute approximate surface area is 141 Å². The first-order valence-electron chi connectivity index (χ1n) is 8.05. The molecule has 1 aromatic carbocycles. The highest BCUT2D eigenvalue weighted by Gasteiger charge is 2.29. The molecule has 1 saturated heterocycles. The third-order valence-corrected chi connectivity index (χ3v) is 4.43. The Kier molecular flexibility index (Phi) is 6.42. The first-order chi connectivity index (χ1) is 11.0. The number of carbonyl (C=O) groups is 2. The van der Waals surface area contributed by atoms with Crippen LogP contribution in [-0.4, -0.2) is 38.1 Å². The Bertz CT molecular complexity index is 569. The SMILES string of the molecule is CCOC(=O)C1CC[NH+](CC(=O)Nc2cc(Cl)ccc2C)CC1. The summed E-state index contributed by atoms with van der Waals surface area (Å²) in [5, 5.41) is 3.52. The minimum Gasteiger partial charge on any atom is -0.466 e. The molecule has 0 unspecified atom stereocenters. The maximum atomic E-state index is 12.2. The number of ether oxygens (including phenoxy) is 1. The molecule has 1 heterocycles. The monoisotopic (exact) mass is 339 g/mol. The predicted molar refractivity (Wildman–Crippen MR) is 89.7 cm³/mol. The molecule has 0 aromatic heterocycles. The number of anilines is 1. The molecule has 126 valence electrons. The van der Waals surface area contributed by atoms with Crippen LogP contribution >= 0.6 is 11.6 Å². The van der Waals surface area contributed by atoms with E-state index in [0.29, 0.717) is 18.2 Å². The van der Waals surface area contributed by atoms with E-state index in [0.717, 1.165) is 37.2 Å². The summed E-state index contributed by atoms with van der Waals surface area (Å²) in [5.74, 6) is -0.151. The molecule has 23 heavy (non-hydrogen) atoms. The molecule has 1 aliphatic heterocycles. The summed E-state index contributed by atoms with van der Waals surface area (Å²) in [7, 11) is 0. The lowest BCUT2D eigenvalue weighted by Gasteiger charge is -2.27. The second-order valence-electron chi connectivity index (χ2n) is 5.96. The number of likely N-dealkylation sites (tertiary alicyclic amines) is 1. The largest absolute Gasteiger partial charge is 0.466 e. The normalized spacial score (nSPS) is 20.8. The average Bonchev–Trinajstić information content (AvgIpc) is 2.52. The zero-order valence-corrected chi connectivity index (χ0v) is 14.4. The van der Waals surface area contributed by atoms with Gasteiger partial charge in [0.25, 0.3) is 5.91 Å². The molecule has 6 heteroatoms. The zero-order chi connectivity index (χ0) is 16.8. The van der Waals surface area contributed by atoms with Crippen LogP contribution in [-0.2, 0) is 14.3 Å². The molecule has 0 atom stereocenters. The molecule has 0 saturated carbocycles. The number of hydrogen-bond acceptors (Lipinski definition) is 3. The Morgan fingerprint density at radius 3 is 2.70 bits per heavy atom. The molecule has 0 radical (unpaired) electrons. The summed E-state index contributed by atoms with van der Waals surface area (Å²) in [5.41, 5.74) is 1.74. The minimum atomic E-state index is -0.106. The summed E-state index contributed by atoms with van der Waals surface area (Å²) in [6.07, 6.45) is 1.55. The highest BCUT2D eigenvalue weighted by atomic mass is 35.5. The maximum Gasteiger partial charge on any atom is 0.309 e. The van der Waals surface area contributed by atoms with E-state index in [9.17, 15) is 9.59 Å². The number of rotatable bonds is 5. The third kappa shape index (κ3) is 5.22. The molecule has 0 spiro atoms. The van der Waals surface area contributed by atoms with E-state index in [-0.39, 0.29) is 17.8 Å². The molecule has 1 amide bonds. The molecule has 5 nitrogen and oxygen atoms in total. The third-order valence-electron chi connectivity index (χ3n) is 4.20. The van der Waals surface area contributed by atoms with E-state index in [1.807, 2.05) is 19.9 Å². The fourth-order valence-electron chi connectivity index (χ4n) is 2.85. The van der Waals surface area contributed by atoms with E-state index in [1.54, 1.807) is 12.1 Å². The minimum absolute atomic E-state index is 0.0167. The number of halogens is 1. The summed E-state index contributed by atoms with van der Waals surface area (Å²) < 4.78 is 5.06. The standard InChI is InChI=1S/C17H23ClN2O3/c1-3-23-17(22)13-6-8-20(9-7-13)11-16(21)19-15-10-14(18)5-4-12(15)2/h4-5,10,13H,3,6-9,11H2,1-2H3,(H,19,21)/p+1. The van der Waals surface area contributed by atoms with Gasteiger partial charge in [-0.2, -0.15) is 0 Å². The van der Waals surface area contributed by atoms with Crippen molar-refractivity contribution in [2.75, 3.05) is 31.6 Å². The van der Waals surface area contributed by atoms with Gasteiger partial charge in [0.1, 0.15) is 0 Å². The van der Waals surface area contributed by atoms with E-state index in [4.69, 9.17) is 16.3 Å². The van der Waals surface area contributed by atoms with Gasteiger partial charge in [-0.15, -0.1) is 0 Å². The smallest absolute Gasteiger partial charge is 0.309 e. The number of benzene rings is 1. The van der Waals surface area contributed by atoms with Crippen LogP contribution in [0, 0.1) is 12.8 Å². The van der Waals surface area contributed by atoms with Gasteiger partial charge >= 0.3 is 5.97 Å². The second-order valence-corrected chi connectivity index (χ2v) is 6.40. The fraction of sp³-hybridized carbons (Fsp3) is 0.529. The van der Waals surface area contributed by atoms with Crippen molar-refractivity contribution < 1.29 is 19.2 Å². The van der Waals surface area contributed by atoms with Crippen molar-refractivity contribution >= 4 is 29.2 Å². The van der Waals surface area contributed by atoms with Crippen molar-refractivity contribution in [2.45, 2.75) is 26.7 Å². The summed E-state index contributed by atoms with van der Waals surface area (Å²) >= 11 is 5.96. The van der Waals surface area contributed by atoms with Crippen molar-refractivity contribution in [3.63, 3.8) is 0 Å².